The van der Waals surface area contributed by atoms with Gasteiger partial charge in [-0.25, -0.2) is 0 Å². The molecule has 0 saturated heterocycles. The third-order valence-corrected chi connectivity index (χ3v) is 5.49. The van der Waals surface area contributed by atoms with Gasteiger partial charge in [0.05, 0.1) is 0 Å². The Morgan fingerprint density at radius 3 is 1.48 bits per heavy atom. The van der Waals surface area contributed by atoms with E-state index in [2.05, 4.69) is 0 Å². The zero-order chi connectivity index (χ0) is 17.6. The smallest absolute Gasteiger partial charge is 0.137 e. The van der Waals surface area contributed by atoms with E-state index in [1.54, 1.807) is 0 Å². The van der Waals surface area contributed by atoms with Gasteiger partial charge in [0.2, 0.25) is 0 Å². The van der Waals surface area contributed by atoms with Crippen LogP contribution in [0.5, 0.6) is 0 Å². The fraction of sp³-hybridized carbons (Fsp3) is 0.238. The van der Waals surface area contributed by atoms with Crippen LogP contribution in [-0.2, 0) is 0 Å². The molecule has 0 aromatic heterocycles. The Morgan fingerprint density at radius 2 is 1.12 bits per heavy atom. The Hall–Kier alpha value is -3.60. The Bertz CT molecular complexity index is 1090. The lowest BCUT2D eigenvalue weighted by atomic mass is 9.83. The van der Waals surface area contributed by atoms with Gasteiger partial charge in [0.15, 0.2) is 0 Å². The van der Waals surface area contributed by atoms with Gasteiger partial charge in [-0.2, -0.15) is 21.0 Å². The highest BCUT2D eigenvalue weighted by Crippen LogP contribution is 2.51. The van der Waals surface area contributed by atoms with E-state index in [1.807, 2.05) is 48.5 Å². The van der Waals surface area contributed by atoms with Gasteiger partial charge in [-0.05, 0) is 53.0 Å². The molecular formula is C21H12N4. The molecule has 0 radical (unpaired) electrons. The summed E-state index contributed by atoms with van der Waals surface area (Å²) in [5.74, 6) is 0.599. The highest BCUT2D eigenvalue weighted by atomic mass is 14.4. The molecule has 1 saturated carbocycles. The second-order valence-electron chi connectivity index (χ2n) is 6.53. The summed E-state index contributed by atoms with van der Waals surface area (Å²) in [5.41, 5.74) is 2.26. The maximum atomic E-state index is 9.49. The number of nitriles is 4. The van der Waals surface area contributed by atoms with Crippen LogP contribution in [0.25, 0.3) is 21.9 Å². The van der Waals surface area contributed by atoms with Crippen molar-refractivity contribution in [3.63, 3.8) is 0 Å². The van der Waals surface area contributed by atoms with E-state index in [4.69, 9.17) is 0 Å². The normalized spacial score (nSPS) is 19.4. The average Bonchev–Trinajstić information content (AvgIpc) is 3.26. The number of nitrogens with zero attached hydrogens (tertiary/aromatic N) is 4. The van der Waals surface area contributed by atoms with Crippen molar-refractivity contribution >= 4 is 21.9 Å². The lowest BCUT2D eigenvalue weighted by Crippen LogP contribution is -2.27. The van der Waals surface area contributed by atoms with Crippen molar-refractivity contribution in [2.45, 2.75) is 31.1 Å². The molecule has 2 bridgehead atoms. The number of hydrogen-bond acceptors (Lipinski definition) is 4. The highest BCUT2D eigenvalue weighted by Gasteiger charge is 2.40. The summed E-state index contributed by atoms with van der Waals surface area (Å²) in [4.78, 5) is 0. The molecule has 4 rings (SSSR count). The first-order chi connectivity index (χ1) is 12.2. The fourth-order valence-electron chi connectivity index (χ4n) is 4.64. The molecule has 4 nitrogen and oxygen atoms in total. The molecule has 0 amide bonds. The number of rotatable bonds is 0. The molecule has 2 aliphatic rings. The van der Waals surface area contributed by atoms with Gasteiger partial charge in [0.25, 0.3) is 0 Å². The Balaban J connectivity index is 2.44. The zero-order valence-corrected chi connectivity index (χ0v) is 13.4. The zero-order valence-electron chi connectivity index (χ0n) is 13.4. The first-order valence-electron chi connectivity index (χ1n) is 8.18. The summed E-state index contributed by atoms with van der Waals surface area (Å²) >= 11 is 0. The summed E-state index contributed by atoms with van der Waals surface area (Å²) in [6.45, 7) is 0. The molecule has 116 valence electrons. The standard InChI is InChI=1S/C21H12N4/c22-8-14(9-23)18-16-3-1-2-4-17(16)19(15(10-24)11-25)21-13-6-5-12(7-13)20(18)21/h1-4,12-13H,5-7H2/t12-,13+. The summed E-state index contributed by atoms with van der Waals surface area (Å²) < 4.78 is 0. The number of fused-ring (bicyclic) bond motifs is 6. The van der Waals surface area contributed by atoms with Crippen molar-refractivity contribution in [2.24, 2.45) is 0 Å². The van der Waals surface area contributed by atoms with Crippen LogP contribution in [0.1, 0.15) is 42.2 Å². The lowest BCUT2D eigenvalue weighted by Gasteiger charge is -2.19. The van der Waals surface area contributed by atoms with Crippen LogP contribution < -0.4 is 10.4 Å². The van der Waals surface area contributed by atoms with Crippen LogP contribution >= 0.6 is 0 Å². The number of benzene rings is 2. The Labute approximate surface area is 144 Å². The maximum Gasteiger partial charge on any atom is 0.137 e. The molecule has 2 aromatic carbocycles. The molecular weight excluding hydrogens is 308 g/mol. The van der Waals surface area contributed by atoms with E-state index in [0.29, 0.717) is 22.3 Å². The predicted octanol–water partition coefficient (Wildman–Crippen LogP) is 2.60. The summed E-state index contributed by atoms with van der Waals surface area (Å²) in [5, 5.41) is 41.0. The Kier molecular flexibility index (Phi) is 3.28. The van der Waals surface area contributed by atoms with Crippen LogP contribution in [0, 0.1) is 45.3 Å². The molecule has 25 heavy (non-hydrogen) atoms. The molecule has 0 N–H and O–H groups in total. The molecule has 0 spiro atoms. The van der Waals surface area contributed by atoms with Gasteiger partial charge in [-0.1, -0.05) is 24.3 Å². The van der Waals surface area contributed by atoms with E-state index in [1.165, 1.54) is 0 Å². The van der Waals surface area contributed by atoms with Crippen LogP contribution in [0.4, 0.5) is 0 Å². The minimum absolute atomic E-state index is 0.113. The van der Waals surface area contributed by atoms with E-state index >= 15 is 0 Å². The van der Waals surface area contributed by atoms with E-state index < -0.39 is 0 Å². The van der Waals surface area contributed by atoms with Gasteiger partial charge in [0.1, 0.15) is 35.4 Å². The van der Waals surface area contributed by atoms with Crippen molar-refractivity contribution in [3.8, 4) is 24.3 Å². The summed E-state index contributed by atoms with van der Waals surface area (Å²) in [6.07, 6.45) is 3.03. The molecule has 4 heteroatoms. The molecule has 2 aliphatic carbocycles. The minimum Gasteiger partial charge on any atom is -0.192 e. The molecule has 2 aromatic rings. The van der Waals surface area contributed by atoms with Crippen LogP contribution in [-0.4, -0.2) is 0 Å². The largest absolute Gasteiger partial charge is 0.192 e. The molecule has 1 fully saturated rings. The predicted molar refractivity (Wildman–Crippen MR) is 91.8 cm³/mol. The van der Waals surface area contributed by atoms with Crippen molar-refractivity contribution in [3.05, 3.63) is 45.8 Å². The molecule has 0 aliphatic heterocycles. The first-order valence-corrected chi connectivity index (χ1v) is 8.18. The van der Waals surface area contributed by atoms with Crippen molar-refractivity contribution in [1.29, 1.82) is 21.0 Å². The molecule has 0 unspecified atom stereocenters. The van der Waals surface area contributed by atoms with Gasteiger partial charge in [0, 0.05) is 10.4 Å². The van der Waals surface area contributed by atoms with E-state index in [9.17, 15) is 21.0 Å². The van der Waals surface area contributed by atoms with E-state index in [0.717, 1.165) is 41.2 Å². The van der Waals surface area contributed by atoms with Gasteiger partial charge in [-0.3, -0.25) is 0 Å². The maximum absolute atomic E-state index is 9.49. The first kappa shape index (κ1) is 15.0. The average molecular weight is 320 g/mol. The van der Waals surface area contributed by atoms with Crippen molar-refractivity contribution in [1.82, 2.24) is 0 Å². The van der Waals surface area contributed by atoms with Crippen LogP contribution in [0.15, 0.2) is 24.3 Å². The SMILES string of the molecule is N#CC(C#N)=c1c2c(c(=C(C#N)C#N)c3ccccc13)[C@H]1CC[C@@H]2C1. The fourth-order valence-corrected chi connectivity index (χ4v) is 4.64. The van der Waals surface area contributed by atoms with E-state index in [-0.39, 0.29) is 11.1 Å². The monoisotopic (exact) mass is 320 g/mol. The Morgan fingerprint density at radius 1 is 0.720 bits per heavy atom. The molecule has 2 atom stereocenters. The van der Waals surface area contributed by atoms with Gasteiger partial charge in [-0.15, -0.1) is 0 Å². The molecule has 0 heterocycles. The van der Waals surface area contributed by atoms with Crippen LogP contribution in [0.3, 0.4) is 0 Å². The van der Waals surface area contributed by atoms with Gasteiger partial charge < -0.3 is 0 Å². The lowest BCUT2D eigenvalue weighted by molar-refractivity contribution is 0.712. The quantitative estimate of drug-likeness (QED) is 0.745. The summed E-state index contributed by atoms with van der Waals surface area (Å²) in [6, 6.07) is 15.7. The topological polar surface area (TPSA) is 95.2 Å². The minimum atomic E-state index is 0.113. The van der Waals surface area contributed by atoms with Gasteiger partial charge >= 0.3 is 0 Å². The number of hydrogen-bond donors (Lipinski definition) is 0. The third-order valence-electron chi connectivity index (χ3n) is 5.49. The van der Waals surface area contributed by atoms with Crippen molar-refractivity contribution < 1.29 is 0 Å². The second kappa shape index (κ2) is 5.49. The third kappa shape index (κ3) is 1.89. The summed E-state index contributed by atoms with van der Waals surface area (Å²) in [7, 11) is 0. The second-order valence-corrected chi connectivity index (χ2v) is 6.53. The van der Waals surface area contributed by atoms with Crippen LogP contribution in [0.2, 0.25) is 0 Å². The highest BCUT2D eigenvalue weighted by molar-refractivity contribution is 5.95. The van der Waals surface area contributed by atoms with Crippen molar-refractivity contribution in [2.75, 3.05) is 0 Å².